The van der Waals surface area contributed by atoms with Crippen LogP contribution in [0.5, 0.6) is 0 Å². The summed E-state index contributed by atoms with van der Waals surface area (Å²) in [6.45, 7) is 4.10. The number of hydrogen-bond acceptors (Lipinski definition) is 5. The van der Waals surface area contributed by atoms with E-state index < -0.39 is 0 Å². The van der Waals surface area contributed by atoms with E-state index in [0.717, 1.165) is 29.9 Å². The van der Waals surface area contributed by atoms with Gasteiger partial charge in [0.25, 0.3) is 0 Å². The van der Waals surface area contributed by atoms with Gasteiger partial charge in [0.15, 0.2) is 0 Å². The van der Waals surface area contributed by atoms with Gasteiger partial charge in [-0.25, -0.2) is 14.6 Å². The van der Waals surface area contributed by atoms with Crippen LogP contribution in [0.15, 0.2) is 18.7 Å². The lowest BCUT2D eigenvalue weighted by atomic mass is 10.1. The molecule has 0 fully saturated rings. The maximum atomic E-state index is 6.01. The van der Waals surface area contributed by atoms with Crippen LogP contribution in [0.2, 0.25) is 0 Å². The van der Waals surface area contributed by atoms with Gasteiger partial charge in [-0.05, 0) is 12.8 Å². The molecule has 6 nitrogen and oxygen atoms in total. The SMILES string of the molecule is CCc1c(C(N)CC)nnn1-c1cncnc1. The van der Waals surface area contributed by atoms with Gasteiger partial charge in [-0.15, -0.1) is 5.10 Å². The first kappa shape index (κ1) is 11.7. The molecule has 0 saturated heterocycles. The van der Waals surface area contributed by atoms with E-state index in [0.29, 0.717) is 0 Å². The average Bonchev–Trinajstić information content (AvgIpc) is 2.82. The normalized spacial score (nSPS) is 12.6. The number of aromatic nitrogens is 5. The standard InChI is InChI=1S/C11H16N6/c1-3-9(12)11-10(4-2)17(16-15-11)8-5-13-7-14-6-8/h5-7,9H,3-4,12H2,1-2H3. The first-order valence-electron chi connectivity index (χ1n) is 5.73. The summed E-state index contributed by atoms with van der Waals surface area (Å²) in [7, 11) is 0. The van der Waals surface area contributed by atoms with Gasteiger partial charge in [0.05, 0.1) is 24.1 Å². The van der Waals surface area contributed by atoms with Crippen LogP contribution in [0.4, 0.5) is 0 Å². The first-order valence-corrected chi connectivity index (χ1v) is 5.73. The summed E-state index contributed by atoms with van der Waals surface area (Å²) in [6.07, 6.45) is 6.58. The second-order valence-corrected chi connectivity index (χ2v) is 3.80. The van der Waals surface area contributed by atoms with Crippen LogP contribution >= 0.6 is 0 Å². The molecule has 0 aliphatic rings. The molecule has 0 spiro atoms. The van der Waals surface area contributed by atoms with Gasteiger partial charge < -0.3 is 5.73 Å². The van der Waals surface area contributed by atoms with Crippen LogP contribution in [-0.2, 0) is 6.42 Å². The number of nitrogens with two attached hydrogens (primary N) is 1. The van der Waals surface area contributed by atoms with Gasteiger partial charge in [0.2, 0.25) is 0 Å². The summed E-state index contributed by atoms with van der Waals surface area (Å²) < 4.78 is 1.75. The highest BCUT2D eigenvalue weighted by Gasteiger charge is 2.17. The molecule has 17 heavy (non-hydrogen) atoms. The van der Waals surface area contributed by atoms with Crippen molar-refractivity contribution in [1.82, 2.24) is 25.0 Å². The Kier molecular flexibility index (Phi) is 3.43. The van der Waals surface area contributed by atoms with E-state index in [1.165, 1.54) is 6.33 Å². The molecule has 2 rings (SSSR count). The maximum Gasteiger partial charge on any atom is 0.115 e. The topological polar surface area (TPSA) is 82.5 Å². The Hall–Kier alpha value is -1.82. The Morgan fingerprint density at radius 3 is 2.59 bits per heavy atom. The molecular formula is C11H16N6. The minimum atomic E-state index is -0.0664. The molecule has 1 atom stereocenters. The number of nitrogens with zero attached hydrogens (tertiary/aromatic N) is 5. The zero-order valence-electron chi connectivity index (χ0n) is 10.0. The molecule has 1 unspecified atom stereocenters. The van der Waals surface area contributed by atoms with Gasteiger partial charge in [-0.2, -0.15) is 0 Å². The molecule has 0 radical (unpaired) electrons. The van der Waals surface area contributed by atoms with E-state index in [4.69, 9.17) is 5.73 Å². The van der Waals surface area contributed by atoms with Crippen LogP contribution in [-0.4, -0.2) is 25.0 Å². The predicted octanol–water partition coefficient (Wildman–Crippen LogP) is 1.03. The van der Waals surface area contributed by atoms with Crippen molar-refractivity contribution in [2.75, 3.05) is 0 Å². The molecule has 0 amide bonds. The van der Waals surface area contributed by atoms with Gasteiger partial charge in [0, 0.05) is 0 Å². The zero-order chi connectivity index (χ0) is 12.3. The third-order valence-corrected chi connectivity index (χ3v) is 2.71. The monoisotopic (exact) mass is 232 g/mol. The maximum absolute atomic E-state index is 6.01. The molecule has 0 aromatic carbocycles. The third-order valence-electron chi connectivity index (χ3n) is 2.71. The Morgan fingerprint density at radius 2 is 2.00 bits per heavy atom. The zero-order valence-corrected chi connectivity index (χ0v) is 10.0. The van der Waals surface area contributed by atoms with Crippen molar-refractivity contribution < 1.29 is 0 Å². The summed E-state index contributed by atoms with van der Waals surface area (Å²) in [6, 6.07) is -0.0664. The van der Waals surface area contributed by atoms with Crippen molar-refractivity contribution >= 4 is 0 Å². The lowest BCUT2D eigenvalue weighted by Gasteiger charge is -2.08. The average molecular weight is 232 g/mol. The predicted molar refractivity (Wildman–Crippen MR) is 63.5 cm³/mol. The van der Waals surface area contributed by atoms with Gasteiger partial charge in [0.1, 0.15) is 17.7 Å². The molecule has 0 saturated carbocycles. The van der Waals surface area contributed by atoms with E-state index in [1.54, 1.807) is 17.1 Å². The Morgan fingerprint density at radius 1 is 1.29 bits per heavy atom. The van der Waals surface area contributed by atoms with Crippen molar-refractivity contribution in [3.63, 3.8) is 0 Å². The summed E-state index contributed by atoms with van der Waals surface area (Å²) in [5, 5.41) is 8.30. The molecular weight excluding hydrogens is 216 g/mol. The smallest absolute Gasteiger partial charge is 0.115 e. The van der Waals surface area contributed by atoms with Crippen molar-refractivity contribution in [2.45, 2.75) is 32.7 Å². The molecule has 2 N–H and O–H groups in total. The first-order chi connectivity index (χ1) is 8.27. The van der Waals surface area contributed by atoms with E-state index in [9.17, 15) is 0 Å². The quantitative estimate of drug-likeness (QED) is 0.851. The number of rotatable bonds is 4. The van der Waals surface area contributed by atoms with Gasteiger partial charge >= 0.3 is 0 Å². The highest BCUT2D eigenvalue weighted by atomic mass is 15.4. The largest absolute Gasteiger partial charge is 0.323 e. The Bertz CT molecular complexity index is 478. The Labute approximate surface area is 99.9 Å². The van der Waals surface area contributed by atoms with E-state index >= 15 is 0 Å². The van der Waals surface area contributed by atoms with Gasteiger partial charge in [-0.3, -0.25) is 0 Å². The Balaban J connectivity index is 2.46. The van der Waals surface area contributed by atoms with E-state index in [2.05, 4.69) is 27.2 Å². The van der Waals surface area contributed by atoms with Crippen LogP contribution in [0, 0.1) is 0 Å². The second-order valence-electron chi connectivity index (χ2n) is 3.80. The summed E-state index contributed by atoms with van der Waals surface area (Å²) in [5.41, 5.74) is 8.71. The second kappa shape index (κ2) is 5.01. The highest BCUT2D eigenvalue weighted by Crippen LogP contribution is 2.18. The highest BCUT2D eigenvalue weighted by molar-refractivity contribution is 5.28. The van der Waals surface area contributed by atoms with Crippen LogP contribution < -0.4 is 5.73 Å². The van der Waals surface area contributed by atoms with Gasteiger partial charge in [-0.1, -0.05) is 19.1 Å². The lowest BCUT2D eigenvalue weighted by Crippen LogP contribution is -2.12. The molecule has 2 aromatic rings. The van der Waals surface area contributed by atoms with Crippen LogP contribution in [0.3, 0.4) is 0 Å². The van der Waals surface area contributed by atoms with Crippen molar-refractivity contribution in [2.24, 2.45) is 5.73 Å². The molecule has 2 aromatic heterocycles. The molecule has 0 aliphatic heterocycles. The third kappa shape index (κ3) is 2.16. The fourth-order valence-electron chi connectivity index (χ4n) is 1.73. The summed E-state index contributed by atoms with van der Waals surface area (Å²) in [4.78, 5) is 7.96. The fraction of sp³-hybridized carbons (Fsp3) is 0.455. The molecule has 2 heterocycles. The van der Waals surface area contributed by atoms with Crippen molar-refractivity contribution in [3.05, 3.63) is 30.1 Å². The molecule has 0 bridgehead atoms. The van der Waals surface area contributed by atoms with Crippen molar-refractivity contribution in [3.8, 4) is 5.69 Å². The lowest BCUT2D eigenvalue weighted by molar-refractivity contribution is 0.665. The summed E-state index contributed by atoms with van der Waals surface area (Å²) >= 11 is 0. The van der Waals surface area contributed by atoms with Crippen LogP contribution in [0.25, 0.3) is 5.69 Å². The molecule has 90 valence electrons. The minimum absolute atomic E-state index is 0.0664. The van der Waals surface area contributed by atoms with E-state index in [1.807, 2.05) is 6.92 Å². The molecule has 6 heteroatoms. The minimum Gasteiger partial charge on any atom is -0.323 e. The van der Waals surface area contributed by atoms with E-state index in [-0.39, 0.29) is 6.04 Å². The fourth-order valence-corrected chi connectivity index (χ4v) is 1.73. The number of hydrogen-bond donors (Lipinski definition) is 1. The molecule has 0 aliphatic carbocycles. The van der Waals surface area contributed by atoms with Crippen LogP contribution in [0.1, 0.15) is 37.7 Å². The summed E-state index contributed by atoms with van der Waals surface area (Å²) in [5.74, 6) is 0. The van der Waals surface area contributed by atoms with Crippen molar-refractivity contribution in [1.29, 1.82) is 0 Å².